The topological polar surface area (TPSA) is 104 Å². The minimum Gasteiger partial charge on any atom is -0.491 e. The molecular formula is C24H30O6. The standard InChI is InChI=1S/C24H30O6/c1-24(29,17-30-18-10-5-4-6-11-18)15-9-13-20-19(21(25)16-22(20)26)12-7-2-3-8-14-23(27)28/h4-6,8,10-11,14,19-20,22,26,29H,2-3,7,12,15-17H2,1H3,(H,27,28)/b14-8+/t19-,20-,22-,24?/m1/s1. The summed E-state index contributed by atoms with van der Waals surface area (Å²) < 4.78 is 5.59. The number of rotatable bonds is 10. The number of benzene rings is 1. The Kier molecular flexibility index (Phi) is 9.10. The molecule has 4 atom stereocenters. The van der Waals surface area contributed by atoms with Crippen molar-refractivity contribution in [3.05, 3.63) is 42.5 Å². The van der Waals surface area contributed by atoms with Gasteiger partial charge in [0, 0.05) is 24.8 Å². The Morgan fingerprint density at radius 3 is 2.73 bits per heavy atom. The maximum atomic E-state index is 12.2. The first-order chi connectivity index (χ1) is 14.3. The minimum absolute atomic E-state index is 0.0158. The van der Waals surface area contributed by atoms with Crippen LogP contribution in [-0.2, 0) is 9.59 Å². The van der Waals surface area contributed by atoms with Crippen molar-refractivity contribution in [2.45, 2.75) is 57.2 Å². The van der Waals surface area contributed by atoms with Crippen LogP contribution in [-0.4, -0.2) is 45.4 Å². The monoisotopic (exact) mass is 414 g/mol. The van der Waals surface area contributed by atoms with E-state index in [2.05, 4.69) is 11.8 Å². The lowest BCUT2D eigenvalue weighted by atomic mass is 9.89. The molecule has 1 saturated carbocycles. The van der Waals surface area contributed by atoms with E-state index < -0.39 is 23.6 Å². The van der Waals surface area contributed by atoms with E-state index in [1.165, 1.54) is 0 Å². The van der Waals surface area contributed by atoms with E-state index in [9.17, 15) is 19.8 Å². The van der Waals surface area contributed by atoms with E-state index in [1.54, 1.807) is 13.0 Å². The summed E-state index contributed by atoms with van der Waals surface area (Å²) in [6.45, 7) is 1.73. The zero-order valence-electron chi connectivity index (χ0n) is 17.3. The largest absolute Gasteiger partial charge is 0.491 e. The number of aliphatic hydroxyl groups is 2. The maximum absolute atomic E-state index is 12.2. The van der Waals surface area contributed by atoms with Crippen LogP contribution in [0.15, 0.2) is 42.5 Å². The van der Waals surface area contributed by atoms with Gasteiger partial charge in [0.2, 0.25) is 0 Å². The van der Waals surface area contributed by atoms with Gasteiger partial charge in [-0.25, -0.2) is 4.79 Å². The summed E-state index contributed by atoms with van der Waals surface area (Å²) in [5.41, 5.74) is -1.15. The molecule has 0 aromatic heterocycles. The van der Waals surface area contributed by atoms with Crippen LogP contribution in [0, 0.1) is 23.7 Å². The summed E-state index contributed by atoms with van der Waals surface area (Å²) in [5, 5.41) is 29.3. The van der Waals surface area contributed by atoms with Gasteiger partial charge in [0.25, 0.3) is 0 Å². The Morgan fingerprint density at radius 2 is 2.03 bits per heavy atom. The number of ketones is 1. The predicted octanol–water partition coefficient (Wildman–Crippen LogP) is 2.98. The smallest absolute Gasteiger partial charge is 0.327 e. The molecule has 1 aliphatic rings. The second-order valence-corrected chi connectivity index (χ2v) is 7.99. The van der Waals surface area contributed by atoms with Gasteiger partial charge in [-0.3, -0.25) is 4.79 Å². The van der Waals surface area contributed by atoms with Crippen LogP contribution in [0.5, 0.6) is 5.75 Å². The van der Waals surface area contributed by atoms with E-state index >= 15 is 0 Å². The molecule has 2 rings (SSSR count). The fraction of sp³-hybridized carbons (Fsp3) is 0.500. The number of allylic oxidation sites excluding steroid dienone is 1. The summed E-state index contributed by atoms with van der Waals surface area (Å²) in [6.07, 6.45) is 4.99. The van der Waals surface area contributed by atoms with Crippen LogP contribution in [0.1, 0.15) is 45.4 Å². The third kappa shape index (κ3) is 8.02. The first-order valence-corrected chi connectivity index (χ1v) is 10.3. The lowest BCUT2D eigenvalue weighted by molar-refractivity contribution is -0.131. The SMILES string of the molecule is CC(O)(CC#C[C@H]1[C@H](O)CC(=O)[C@@H]1CCCC/C=C/C(=O)O)COc1ccccc1. The first kappa shape index (κ1) is 23.7. The number of hydrogen-bond acceptors (Lipinski definition) is 5. The Balaban J connectivity index is 1.84. The number of aliphatic carboxylic acids is 1. The number of carbonyl (C=O) groups excluding carboxylic acids is 1. The molecule has 0 heterocycles. The molecule has 0 amide bonds. The minimum atomic E-state index is -1.15. The summed E-state index contributed by atoms with van der Waals surface area (Å²) in [6, 6.07) is 9.21. The van der Waals surface area contributed by atoms with Gasteiger partial charge in [0.05, 0.1) is 12.0 Å². The molecule has 1 aromatic carbocycles. The Hall–Kier alpha value is -2.62. The number of ether oxygens (including phenoxy) is 1. The normalized spacial score (nSPS) is 23.0. The van der Waals surface area contributed by atoms with Gasteiger partial charge >= 0.3 is 5.97 Å². The van der Waals surface area contributed by atoms with Gasteiger partial charge < -0.3 is 20.1 Å². The van der Waals surface area contributed by atoms with E-state index in [0.29, 0.717) is 18.6 Å². The van der Waals surface area contributed by atoms with Crippen molar-refractivity contribution >= 4 is 11.8 Å². The number of Topliss-reactive ketones (excluding diaryl/α,β-unsaturated/α-hetero) is 1. The van der Waals surface area contributed by atoms with Gasteiger partial charge in [-0.05, 0) is 38.3 Å². The molecule has 30 heavy (non-hydrogen) atoms. The molecule has 6 nitrogen and oxygen atoms in total. The molecule has 6 heteroatoms. The molecule has 1 aliphatic carbocycles. The summed E-state index contributed by atoms with van der Waals surface area (Å²) >= 11 is 0. The van der Waals surface area contributed by atoms with Crippen molar-refractivity contribution in [3.63, 3.8) is 0 Å². The molecule has 0 spiro atoms. The van der Waals surface area contributed by atoms with Crippen molar-refractivity contribution in [1.29, 1.82) is 0 Å². The van der Waals surface area contributed by atoms with E-state index in [1.807, 2.05) is 30.3 Å². The average molecular weight is 414 g/mol. The molecule has 1 fully saturated rings. The zero-order chi connectivity index (χ0) is 22.0. The second kappa shape index (κ2) is 11.5. The van der Waals surface area contributed by atoms with Crippen molar-refractivity contribution in [2.24, 2.45) is 11.8 Å². The summed E-state index contributed by atoms with van der Waals surface area (Å²) in [7, 11) is 0. The molecule has 0 bridgehead atoms. The van der Waals surface area contributed by atoms with Crippen molar-refractivity contribution < 1.29 is 29.6 Å². The third-order valence-corrected chi connectivity index (χ3v) is 5.10. The molecule has 1 aromatic rings. The van der Waals surface area contributed by atoms with E-state index in [-0.39, 0.29) is 31.1 Å². The number of unbranched alkanes of at least 4 members (excludes halogenated alkanes) is 2. The van der Waals surface area contributed by atoms with Crippen LogP contribution < -0.4 is 4.74 Å². The van der Waals surface area contributed by atoms with Crippen LogP contribution in [0.3, 0.4) is 0 Å². The quantitative estimate of drug-likeness (QED) is 0.309. The maximum Gasteiger partial charge on any atom is 0.327 e. The summed E-state index contributed by atoms with van der Waals surface area (Å²) in [4.78, 5) is 22.7. The van der Waals surface area contributed by atoms with Crippen molar-refractivity contribution in [3.8, 4) is 17.6 Å². The summed E-state index contributed by atoms with van der Waals surface area (Å²) in [5.74, 6) is 4.91. The predicted molar refractivity (Wildman–Crippen MR) is 113 cm³/mol. The number of para-hydroxylation sites is 1. The number of aliphatic hydroxyl groups excluding tert-OH is 1. The first-order valence-electron chi connectivity index (χ1n) is 10.3. The molecule has 3 N–H and O–H groups in total. The van der Waals surface area contributed by atoms with Crippen LogP contribution in [0.25, 0.3) is 0 Å². The molecule has 0 aliphatic heterocycles. The van der Waals surface area contributed by atoms with Crippen molar-refractivity contribution in [2.75, 3.05) is 6.61 Å². The fourth-order valence-electron chi connectivity index (χ4n) is 3.47. The fourth-order valence-corrected chi connectivity index (χ4v) is 3.47. The van der Waals surface area contributed by atoms with Gasteiger partial charge in [-0.1, -0.05) is 42.5 Å². The van der Waals surface area contributed by atoms with Crippen molar-refractivity contribution in [1.82, 2.24) is 0 Å². The molecule has 0 saturated heterocycles. The van der Waals surface area contributed by atoms with Gasteiger partial charge in [-0.2, -0.15) is 0 Å². The van der Waals surface area contributed by atoms with E-state index in [0.717, 1.165) is 18.9 Å². The molecular weight excluding hydrogens is 384 g/mol. The number of carbonyl (C=O) groups is 2. The van der Waals surface area contributed by atoms with E-state index in [4.69, 9.17) is 9.84 Å². The van der Waals surface area contributed by atoms with Crippen LogP contribution in [0.4, 0.5) is 0 Å². The highest BCUT2D eigenvalue weighted by Crippen LogP contribution is 2.33. The van der Waals surface area contributed by atoms with Gasteiger partial charge in [0.1, 0.15) is 23.7 Å². The Bertz CT molecular complexity index is 787. The lowest BCUT2D eigenvalue weighted by Gasteiger charge is -2.21. The second-order valence-electron chi connectivity index (χ2n) is 7.99. The number of carboxylic acid groups (broad SMARTS) is 1. The van der Waals surface area contributed by atoms with Crippen LogP contribution >= 0.6 is 0 Å². The van der Waals surface area contributed by atoms with Crippen LogP contribution in [0.2, 0.25) is 0 Å². The lowest BCUT2D eigenvalue weighted by Crippen LogP contribution is -2.31. The molecule has 0 radical (unpaired) electrons. The highest BCUT2D eigenvalue weighted by molar-refractivity contribution is 5.85. The highest BCUT2D eigenvalue weighted by Gasteiger charge is 2.40. The average Bonchev–Trinajstić information content (AvgIpc) is 2.96. The Morgan fingerprint density at radius 1 is 1.30 bits per heavy atom. The molecule has 1 unspecified atom stereocenters. The van der Waals surface area contributed by atoms with Gasteiger partial charge in [0.15, 0.2) is 0 Å². The third-order valence-electron chi connectivity index (χ3n) is 5.10. The number of carboxylic acids is 1. The zero-order valence-corrected chi connectivity index (χ0v) is 17.3. The van der Waals surface area contributed by atoms with Gasteiger partial charge in [-0.15, -0.1) is 0 Å². The Labute approximate surface area is 177 Å². The number of hydrogen-bond donors (Lipinski definition) is 3. The highest BCUT2D eigenvalue weighted by atomic mass is 16.5. The molecule has 162 valence electrons.